The lowest BCUT2D eigenvalue weighted by Gasteiger charge is -2.17. The maximum Gasteiger partial charge on any atom is 0.227 e. The minimum absolute atomic E-state index is 0.0890. The second-order valence-corrected chi connectivity index (χ2v) is 8.51. The van der Waals surface area contributed by atoms with Crippen molar-refractivity contribution in [1.29, 1.82) is 0 Å². The van der Waals surface area contributed by atoms with E-state index in [1.54, 1.807) is 41.3 Å². The summed E-state index contributed by atoms with van der Waals surface area (Å²) in [4.78, 5) is 14.4. The molecule has 0 unspecified atom stereocenters. The van der Waals surface area contributed by atoms with Crippen molar-refractivity contribution in [2.45, 2.75) is 23.0 Å². The standard InChI is InChI=1S/C18H18ClNO3S/c19-17-9-5-4-6-14(17)12-18(21)20-11-10-16(13-20)24(22,23)15-7-2-1-3-8-15/h1-9,16H,10-13H2/t16-/m0/s1. The predicted molar refractivity (Wildman–Crippen MR) is 93.8 cm³/mol. The molecule has 1 aliphatic rings. The zero-order valence-corrected chi connectivity index (χ0v) is 14.6. The first-order chi connectivity index (χ1) is 11.5. The van der Waals surface area contributed by atoms with Crippen molar-refractivity contribution >= 4 is 27.3 Å². The molecule has 0 spiro atoms. The molecule has 1 atom stereocenters. The van der Waals surface area contributed by atoms with Gasteiger partial charge in [0.2, 0.25) is 5.91 Å². The molecule has 0 aliphatic carbocycles. The Hall–Kier alpha value is -1.85. The number of nitrogens with zero attached hydrogens (tertiary/aromatic N) is 1. The molecule has 0 N–H and O–H groups in total. The molecule has 3 rings (SSSR count). The minimum atomic E-state index is -3.41. The summed E-state index contributed by atoms with van der Waals surface area (Å²) in [6, 6.07) is 15.6. The Kier molecular flexibility index (Phi) is 4.92. The van der Waals surface area contributed by atoms with E-state index in [1.165, 1.54) is 0 Å². The molecule has 2 aromatic rings. The number of sulfone groups is 1. The van der Waals surface area contributed by atoms with E-state index in [-0.39, 0.29) is 18.9 Å². The number of halogens is 1. The van der Waals surface area contributed by atoms with Crippen LogP contribution in [0.15, 0.2) is 59.5 Å². The van der Waals surface area contributed by atoms with Crippen molar-refractivity contribution < 1.29 is 13.2 Å². The van der Waals surface area contributed by atoms with E-state index in [0.29, 0.717) is 22.9 Å². The van der Waals surface area contributed by atoms with Gasteiger partial charge in [-0.3, -0.25) is 4.79 Å². The molecule has 1 heterocycles. The normalized spacial score (nSPS) is 17.9. The molecule has 6 heteroatoms. The molecule has 0 radical (unpaired) electrons. The van der Waals surface area contributed by atoms with E-state index in [2.05, 4.69) is 0 Å². The number of carbonyl (C=O) groups is 1. The number of hydrogen-bond donors (Lipinski definition) is 0. The van der Waals surface area contributed by atoms with E-state index in [4.69, 9.17) is 11.6 Å². The van der Waals surface area contributed by atoms with Gasteiger partial charge in [0.05, 0.1) is 16.6 Å². The Morgan fingerprint density at radius 1 is 1.08 bits per heavy atom. The summed E-state index contributed by atoms with van der Waals surface area (Å²) in [6.07, 6.45) is 0.656. The summed E-state index contributed by atoms with van der Waals surface area (Å²) in [5.41, 5.74) is 0.763. The topological polar surface area (TPSA) is 54.5 Å². The van der Waals surface area contributed by atoms with Gasteiger partial charge in [-0.05, 0) is 30.2 Å². The average molecular weight is 364 g/mol. The summed E-state index contributed by atoms with van der Waals surface area (Å²) >= 11 is 6.09. The number of amides is 1. The first kappa shape index (κ1) is 17.0. The van der Waals surface area contributed by atoms with Crippen molar-refractivity contribution in [2.75, 3.05) is 13.1 Å². The van der Waals surface area contributed by atoms with Crippen LogP contribution in [0.25, 0.3) is 0 Å². The minimum Gasteiger partial charge on any atom is -0.341 e. The number of hydrogen-bond acceptors (Lipinski definition) is 3. The first-order valence-electron chi connectivity index (χ1n) is 7.78. The van der Waals surface area contributed by atoms with Crippen LogP contribution in [0.2, 0.25) is 5.02 Å². The summed E-state index contributed by atoms with van der Waals surface area (Å²) in [6.45, 7) is 0.695. The molecule has 126 valence electrons. The Labute approximate surface area is 147 Å². The molecular weight excluding hydrogens is 346 g/mol. The lowest BCUT2D eigenvalue weighted by atomic mass is 10.1. The maximum absolute atomic E-state index is 12.7. The lowest BCUT2D eigenvalue weighted by Crippen LogP contribution is -2.33. The number of likely N-dealkylation sites (tertiary alicyclic amines) is 1. The van der Waals surface area contributed by atoms with Crippen molar-refractivity contribution in [3.8, 4) is 0 Å². The molecule has 2 aromatic carbocycles. The molecule has 1 amide bonds. The highest BCUT2D eigenvalue weighted by Gasteiger charge is 2.35. The van der Waals surface area contributed by atoms with Crippen molar-refractivity contribution in [2.24, 2.45) is 0 Å². The van der Waals surface area contributed by atoms with Gasteiger partial charge in [-0.1, -0.05) is 48.0 Å². The third-order valence-electron chi connectivity index (χ3n) is 4.31. The molecule has 24 heavy (non-hydrogen) atoms. The quantitative estimate of drug-likeness (QED) is 0.839. The summed E-state index contributed by atoms with van der Waals surface area (Å²) in [7, 11) is -3.41. The molecule has 1 aliphatic heterocycles. The summed E-state index contributed by atoms with van der Waals surface area (Å²) < 4.78 is 25.3. The fraction of sp³-hybridized carbons (Fsp3) is 0.278. The Bertz CT molecular complexity index is 836. The van der Waals surface area contributed by atoms with Crippen LogP contribution in [-0.4, -0.2) is 37.6 Å². The van der Waals surface area contributed by atoms with E-state index in [0.717, 1.165) is 5.56 Å². The van der Waals surface area contributed by atoms with E-state index >= 15 is 0 Å². The van der Waals surface area contributed by atoms with Crippen LogP contribution in [-0.2, 0) is 21.1 Å². The van der Waals surface area contributed by atoms with Crippen LogP contribution < -0.4 is 0 Å². The van der Waals surface area contributed by atoms with Crippen LogP contribution >= 0.6 is 11.6 Å². The summed E-state index contributed by atoms with van der Waals surface area (Å²) in [5, 5.41) is 0.00796. The van der Waals surface area contributed by atoms with Crippen LogP contribution in [0.1, 0.15) is 12.0 Å². The monoisotopic (exact) mass is 363 g/mol. The molecule has 1 fully saturated rings. The van der Waals surface area contributed by atoms with Crippen molar-refractivity contribution in [3.63, 3.8) is 0 Å². The number of benzene rings is 2. The Morgan fingerprint density at radius 3 is 2.46 bits per heavy atom. The van der Waals surface area contributed by atoms with Crippen LogP contribution in [0.3, 0.4) is 0 Å². The van der Waals surface area contributed by atoms with Crippen molar-refractivity contribution in [3.05, 3.63) is 65.2 Å². The molecule has 0 aromatic heterocycles. The van der Waals surface area contributed by atoms with Gasteiger partial charge in [0.1, 0.15) is 0 Å². The highest BCUT2D eigenvalue weighted by atomic mass is 35.5. The zero-order valence-electron chi connectivity index (χ0n) is 13.1. The zero-order chi connectivity index (χ0) is 17.2. The fourth-order valence-electron chi connectivity index (χ4n) is 2.93. The largest absolute Gasteiger partial charge is 0.341 e. The maximum atomic E-state index is 12.7. The highest BCUT2D eigenvalue weighted by Crippen LogP contribution is 2.25. The van der Waals surface area contributed by atoms with Gasteiger partial charge in [-0.2, -0.15) is 0 Å². The van der Waals surface area contributed by atoms with Crippen LogP contribution in [0.4, 0.5) is 0 Å². The molecule has 0 saturated carbocycles. The van der Waals surface area contributed by atoms with Crippen LogP contribution in [0, 0.1) is 0 Å². The van der Waals surface area contributed by atoms with Gasteiger partial charge in [0, 0.05) is 18.1 Å². The Morgan fingerprint density at radius 2 is 1.75 bits per heavy atom. The van der Waals surface area contributed by atoms with Crippen molar-refractivity contribution in [1.82, 2.24) is 4.90 Å². The van der Waals surface area contributed by atoms with E-state index < -0.39 is 15.1 Å². The smallest absolute Gasteiger partial charge is 0.227 e. The third-order valence-corrected chi connectivity index (χ3v) is 6.87. The second kappa shape index (κ2) is 6.95. The van der Waals surface area contributed by atoms with Gasteiger partial charge < -0.3 is 4.90 Å². The van der Waals surface area contributed by atoms with E-state index in [1.807, 2.05) is 18.2 Å². The number of rotatable bonds is 4. The summed E-state index contributed by atoms with van der Waals surface area (Å²) in [5.74, 6) is -0.0890. The molecular formula is C18H18ClNO3S. The molecule has 4 nitrogen and oxygen atoms in total. The first-order valence-corrected chi connectivity index (χ1v) is 9.71. The second-order valence-electron chi connectivity index (χ2n) is 5.88. The fourth-order valence-corrected chi connectivity index (χ4v) is 4.84. The lowest BCUT2D eigenvalue weighted by molar-refractivity contribution is -0.129. The van der Waals surface area contributed by atoms with Gasteiger partial charge in [0.15, 0.2) is 9.84 Å². The molecule has 0 bridgehead atoms. The highest BCUT2D eigenvalue weighted by molar-refractivity contribution is 7.92. The van der Waals surface area contributed by atoms with Gasteiger partial charge in [-0.15, -0.1) is 0 Å². The molecule has 1 saturated heterocycles. The number of carbonyl (C=O) groups excluding carboxylic acids is 1. The van der Waals surface area contributed by atoms with Gasteiger partial charge in [-0.25, -0.2) is 8.42 Å². The van der Waals surface area contributed by atoms with E-state index in [9.17, 15) is 13.2 Å². The predicted octanol–water partition coefficient (Wildman–Crippen LogP) is 2.96. The van der Waals surface area contributed by atoms with Crippen LogP contribution in [0.5, 0.6) is 0 Å². The third kappa shape index (κ3) is 3.47. The van der Waals surface area contributed by atoms with Gasteiger partial charge in [0.25, 0.3) is 0 Å². The SMILES string of the molecule is O=C(Cc1ccccc1Cl)N1CC[C@H](S(=O)(=O)c2ccccc2)C1. The van der Waals surface area contributed by atoms with Gasteiger partial charge >= 0.3 is 0 Å². The average Bonchev–Trinajstić information content (AvgIpc) is 3.09. The Balaban J connectivity index is 1.69.